The van der Waals surface area contributed by atoms with Gasteiger partial charge in [0.2, 0.25) is 0 Å². The Kier molecular flexibility index (Phi) is 5.31. The van der Waals surface area contributed by atoms with Crippen molar-refractivity contribution in [2.75, 3.05) is 11.9 Å². The van der Waals surface area contributed by atoms with Crippen LogP contribution in [0, 0.1) is 0 Å². The number of aromatic nitrogens is 2. The first-order valence-electron chi connectivity index (χ1n) is 6.26. The molecule has 0 spiro atoms. The third-order valence-electron chi connectivity index (χ3n) is 2.52. The summed E-state index contributed by atoms with van der Waals surface area (Å²) in [5.41, 5.74) is 2.23. The van der Waals surface area contributed by atoms with Crippen molar-refractivity contribution >= 4 is 34.7 Å². The number of halogens is 1. The quantitative estimate of drug-likeness (QED) is 0.805. The number of pyridine rings is 1. The number of carbonyl (C=O) groups excluding carboxylic acids is 1. The number of hydrogen-bond donors (Lipinski definition) is 2. The van der Waals surface area contributed by atoms with Crippen LogP contribution in [-0.2, 0) is 6.54 Å². The number of amides is 1. The fourth-order valence-electron chi connectivity index (χ4n) is 1.57. The summed E-state index contributed by atoms with van der Waals surface area (Å²) in [6.07, 6.45) is 2.71. The number of carbonyl (C=O) groups is 1. The Hall–Kier alpha value is -1.66. The van der Waals surface area contributed by atoms with Gasteiger partial charge in [-0.2, -0.15) is 0 Å². The molecule has 2 N–H and O–H groups in total. The van der Waals surface area contributed by atoms with Gasteiger partial charge < -0.3 is 10.6 Å². The first-order valence-corrected chi connectivity index (χ1v) is 7.52. The molecule has 0 aliphatic carbocycles. The highest BCUT2D eigenvalue weighted by Gasteiger charge is 2.09. The summed E-state index contributed by atoms with van der Waals surface area (Å²) in [4.78, 5) is 21.2. The third-order valence-corrected chi connectivity index (χ3v) is 3.49. The average molecular weight is 311 g/mol. The van der Waals surface area contributed by atoms with E-state index in [0.717, 1.165) is 17.8 Å². The number of nitrogens with zero attached hydrogens (tertiary/aromatic N) is 2. The lowest BCUT2D eigenvalue weighted by molar-refractivity contribution is 0.0951. The van der Waals surface area contributed by atoms with Gasteiger partial charge in [0.25, 0.3) is 5.91 Å². The zero-order valence-corrected chi connectivity index (χ0v) is 12.6. The molecule has 0 fully saturated rings. The molecule has 0 saturated carbocycles. The largest absolute Gasteiger partial charge is 0.370 e. The second-order valence-corrected chi connectivity index (χ2v) is 5.50. The number of anilines is 1. The van der Waals surface area contributed by atoms with Gasteiger partial charge in [0.1, 0.15) is 11.0 Å². The van der Waals surface area contributed by atoms with E-state index < -0.39 is 0 Å². The van der Waals surface area contributed by atoms with Crippen LogP contribution >= 0.6 is 22.9 Å². The summed E-state index contributed by atoms with van der Waals surface area (Å²) in [5, 5.41) is 6.25. The average Bonchev–Trinajstić information content (AvgIpc) is 2.95. The number of thiazole rings is 1. The standard InChI is InChI=1S/C13H15ClN4OS/c1-2-3-16-12-5-9(4-11(14)18-12)13(19)17-7-10-6-15-8-20-10/h4-6,8H,2-3,7H2,1H3,(H,16,18)(H,17,19). The van der Waals surface area contributed by atoms with Crippen molar-refractivity contribution in [3.05, 3.63) is 39.4 Å². The van der Waals surface area contributed by atoms with E-state index in [1.165, 1.54) is 11.3 Å². The molecule has 0 radical (unpaired) electrons. The Labute approximate surface area is 126 Å². The van der Waals surface area contributed by atoms with Crippen LogP contribution in [-0.4, -0.2) is 22.4 Å². The van der Waals surface area contributed by atoms with Crippen LogP contribution in [0.1, 0.15) is 28.6 Å². The fourth-order valence-corrected chi connectivity index (χ4v) is 2.31. The van der Waals surface area contributed by atoms with Crippen LogP contribution in [0.25, 0.3) is 0 Å². The molecule has 106 valence electrons. The maximum Gasteiger partial charge on any atom is 0.251 e. The van der Waals surface area contributed by atoms with Crippen molar-refractivity contribution in [1.29, 1.82) is 0 Å². The number of rotatable bonds is 6. The Bertz CT molecular complexity index is 574. The normalized spacial score (nSPS) is 10.3. The second kappa shape index (κ2) is 7.21. The van der Waals surface area contributed by atoms with E-state index in [-0.39, 0.29) is 5.91 Å². The van der Waals surface area contributed by atoms with E-state index in [2.05, 4.69) is 27.5 Å². The smallest absolute Gasteiger partial charge is 0.251 e. The lowest BCUT2D eigenvalue weighted by Crippen LogP contribution is -2.22. The minimum Gasteiger partial charge on any atom is -0.370 e. The highest BCUT2D eigenvalue weighted by molar-refractivity contribution is 7.09. The topological polar surface area (TPSA) is 66.9 Å². The Balaban J connectivity index is 2.02. The molecule has 0 bridgehead atoms. The van der Waals surface area contributed by atoms with Gasteiger partial charge in [-0.25, -0.2) is 4.98 Å². The molecule has 0 unspecified atom stereocenters. The number of nitrogens with one attached hydrogen (secondary N) is 2. The molecule has 0 aliphatic rings. The molecule has 0 aliphatic heterocycles. The monoisotopic (exact) mass is 310 g/mol. The minimum atomic E-state index is -0.178. The maximum atomic E-state index is 12.1. The van der Waals surface area contributed by atoms with E-state index in [1.807, 2.05) is 0 Å². The van der Waals surface area contributed by atoms with Gasteiger partial charge in [0.05, 0.1) is 12.1 Å². The predicted octanol–water partition coefficient (Wildman–Crippen LogP) is 2.94. The fraction of sp³-hybridized carbons (Fsp3) is 0.308. The SMILES string of the molecule is CCCNc1cc(C(=O)NCc2cncs2)cc(Cl)n1. The molecule has 2 aromatic rings. The molecule has 2 aromatic heterocycles. The van der Waals surface area contributed by atoms with E-state index in [0.29, 0.717) is 23.1 Å². The summed E-state index contributed by atoms with van der Waals surface area (Å²) >= 11 is 7.43. The van der Waals surface area contributed by atoms with Crippen molar-refractivity contribution in [3.63, 3.8) is 0 Å². The first-order chi connectivity index (χ1) is 9.69. The van der Waals surface area contributed by atoms with Crippen molar-refractivity contribution in [2.24, 2.45) is 0 Å². The van der Waals surface area contributed by atoms with Gasteiger partial charge in [0, 0.05) is 23.2 Å². The number of hydrogen-bond acceptors (Lipinski definition) is 5. The lowest BCUT2D eigenvalue weighted by atomic mass is 10.2. The summed E-state index contributed by atoms with van der Waals surface area (Å²) in [6.45, 7) is 3.30. The Morgan fingerprint density at radius 1 is 1.45 bits per heavy atom. The van der Waals surface area contributed by atoms with Crippen molar-refractivity contribution in [1.82, 2.24) is 15.3 Å². The predicted molar refractivity (Wildman–Crippen MR) is 81.3 cm³/mol. The van der Waals surface area contributed by atoms with Crippen LogP contribution < -0.4 is 10.6 Å². The molecule has 2 heterocycles. The molecule has 0 aromatic carbocycles. The van der Waals surface area contributed by atoms with Crippen LogP contribution in [0.15, 0.2) is 23.8 Å². The van der Waals surface area contributed by atoms with Crippen molar-refractivity contribution < 1.29 is 4.79 Å². The van der Waals surface area contributed by atoms with Gasteiger partial charge in [-0.15, -0.1) is 11.3 Å². The molecule has 7 heteroatoms. The zero-order valence-electron chi connectivity index (χ0n) is 11.0. The molecule has 0 atom stereocenters. The highest BCUT2D eigenvalue weighted by atomic mass is 35.5. The van der Waals surface area contributed by atoms with Crippen molar-refractivity contribution in [2.45, 2.75) is 19.9 Å². The van der Waals surface area contributed by atoms with Crippen molar-refractivity contribution in [3.8, 4) is 0 Å². The van der Waals surface area contributed by atoms with Gasteiger partial charge in [0.15, 0.2) is 0 Å². The first kappa shape index (κ1) is 14.7. The molecule has 2 rings (SSSR count). The van der Waals surface area contributed by atoms with Crippen LogP contribution in [0.5, 0.6) is 0 Å². The minimum absolute atomic E-state index is 0.178. The van der Waals surface area contributed by atoms with E-state index >= 15 is 0 Å². The maximum absolute atomic E-state index is 12.1. The van der Waals surface area contributed by atoms with Crippen LogP contribution in [0.4, 0.5) is 5.82 Å². The van der Waals surface area contributed by atoms with Gasteiger partial charge in [-0.05, 0) is 18.6 Å². The molecule has 0 saturated heterocycles. The van der Waals surface area contributed by atoms with E-state index in [9.17, 15) is 4.79 Å². The summed E-state index contributed by atoms with van der Waals surface area (Å²) in [5.74, 6) is 0.435. The molecule has 1 amide bonds. The van der Waals surface area contributed by atoms with Gasteiger partial charge in [-0.1, -0.05) is 18.5 Å². The molecule has 20 heavy (non-hydrogen) atoms. The van der Waals surface area contributed by atoms with Crippen LogP contribution in [0.3, 0.4) is 0 Å². The van der Waals surface area contributed by atoms with Gasteiger partial charge in [-0.3, -0.25) is 9.78 Å². The molecular weight excluding hydrogens is 296 g/mol. The second-order valence-electron chi connectivity index (χ2n) is 4.14. The summed E-state index contributed by atoms with van der Waals surface area (Å²) in [7, 11) is 0. The Morgan fingerprint density at radius 3 is 3.00 bits per heavy atom. The molecular formula is C13H15ClN4OS. The summed E-state index contributed by atoms with van der Waals surface area (Å²) in [6, 6.07) is 3.25. The summed E-state index contributed by atoms with van der Waals surface area (Å²) < 4.78 is 0. The third kappa shape index (κ3) is 4.18. The van der Waals surface area contributed by atoms with Crippen LogP contribution in [0.2, 0.25) is 5.15 Å². The molecule has 5 nitrogen and oxygen atoms in total. The van der Waals surface area contributed by atoms with E-state index in [4.69, 9.17) is 11.6 Å². The van der Waals surface area contributed by atoms with E-state index in [1.54, 1.807) is 23.8 Å². The zero-order chi connectivity index (χ0) is 14.4. The lowest BCUT2D eigenvalue weighted by Gasteiger charge is -2.08. The van der Waals surface area contributed by atoms with Gasteiger partial charge >= 0.3 is 0 Å². The Morgan fingerprint density at radius 2 is 2.30 bits per heavy atom. The highest BCUT2D eigenvalue weighted by Crippen LogP contribution is 2.15.